The fourth-order valence-electron chi connectivity index (χ4n) is 1.49. The van der Waals surface area contributed by atoms with Crippen LogP contribution in [0.3, 0.4) is 0 Å². The Morgan fingerprint density at radius 2 is 1.93 bits per heavy atom. The minimum Gasteiger partial charge on any atom is -0.381 e. The van der Waals surface area contributed by atoms with Crippen molar-refractivity contribution in [2.75, 3.05) is 26.3 Å². The maximum absolute atomic E-state index is 5.40. The van der Waals surface area contributed by atoms with E-state index in [9.17, 15) is 0 Å². The molecule has 86 valence electrons. The van der Waals surface area contributed by atoms with Crippen LogP contribution in [0.5, 0.6) is 0 Å². The third-order valence-corrected chi connectivity index (χ3v) is 2.26. The van der Waals surface area contributed by atoms with Gasteiger partial charge in [0.25, 0.3) is 0 Å². The molecule has 0 aliphatic heterocycles. The zero-order chi connectivity index (χ0) is 10.6. The van der Waals surface area contributed by atoms with Gasteiger partial charge in [0.2, 0.25) is 0 Å². The molecule has 2 nitrogen and oxygen atoms in total. The van der Waals surface area contributed by atoms with Crippen molar-refractivity contribution in [1.82, 2.24) is 5.32 Å². The fourth-order valence-corrected chi connectivity index (χ4v) is 1.49. The highest BCUT2D eigenvalue weighted by Crippen LogP contribution is 2.02. The first kappa shape index (κ1) is 13.9. The van der Waals surface area contributed by atoms with Gasteiger partial charge in [-0.1, -0.05) is 27.2 Å². The van der Waals surface area contributed by atoms with Crippen LogP contribution >= 0.6 is 0 Å². The lowest BCUT2D eigenvalue weighted by molar-refractivity contribution is 0.132. The molecule has 0 aliphatic rings. The van der Waals surface area contributed by atoms with Gasteiger partial charge in [-0.2, -0.15) is 0 Å². The number of nitrogens with one attached hydrogen (secondary N) is 1. The van der Waals surface area contributed by atoms with Gasteiger partial charge in [0.15, 0.2) is 0 Å². The zero-order valence-corrected chi connectivity index (χ0v) is 10.1. The first-order valence-electron chi connectivity index (χ1n) is 6.09. The van der Waals surface area contributed by atoms with Crippen molar-refractivity contribution in [3.8, 4) is 0 Å². The molecule has 0 spiro atoms. The molecule has 0 radical (unpaired) electrons. The molecule has 0 aromatic heterocycles. The Bertz CT molecular complexity index is 106. The summed E-state index contributed by atoms with van der Waals surface area (Å²) in [4.78, 5) is 0. The van der Waals surface area contributed by atoms with Gasteiger partial charge in [-0.15, -0.1) is 0 Å². The summed E-state index contributed by atoms with van der Waals surface area (Å²) in [6, 6.07) is 0. The predicted molar refractivity (Wildman–Crippen MR) is 62.7 cm³/mol. The van der Waals surface area contributed by atoms with E-state index in [-0.39, 0.29) is 0 Å². The monoisotopic (exact) mass is 201 g/mol. The summed E-state index contributed by atoms with van der Waals surface area (Å²) in [5.41, 5.74) is 0. The molecule has 0 aromatic rings. The fraction of sp³-hybridized carbons (Fsp3) is 1.00. The van der Waals surface area contributed by atoms with Gasteiger partial charge in [0.05, 0.1) is 0 Å². The molecule has 2 heteroatoms. The Kier molecular flexibility index (Phi) is 10.9. The molecule has 0 heterocycles. The van der Waals surface area contributed by atoms with Crippen molar-refractivity contribution in [2.45, 2.75) is 46.5 Å². The number of ether oxygens (including phenoxy) is 1. The molecular weight excluding hydrogens is 174 g/mol. The van der Waals surface area contributed by atoms with E-state index >= 15 is 0 Å². The molecule has 0 aromatic carbocycles. The van der Waals surface area contributed by atoms with E-state index < -0.39 is 0 Å². The molecule has 0 saturated carbocycles. The topological polar surface area (TPSA) is 21.3 Å². The van der Waals surface area contributed by atoms with E-state index in [1.165, 1.54) is 12.8 Å². The van der Waals surface area contributed by atoms with Crippen LogP contribution in [0.4, 0.5) is 0 Å². The van der Waals surface area contributed by atoms with E-state index in [4.69, 9.17) is 4.74 Å². The molecule has 0 rings (SSSR count). The SMILES string of the molecule is CCCOCCCNCC(C)CCC. The van der Waals surface area contributed by atoms with E-state index in [1.54, 1.807) is 0 Å². The molecule has 1 N–H and O–H groups in total. The van der Waals surface area contributed by atoms with Crippen LogP contribution in [0.25, 0.3) is 0 Å². The van der Waals surface area contributed by atoms with E-state index in [1.807, 2.05) is 0 Å². The maximum Gasteiger partial charge on any atom is 0.0478 e. The molecule has 1 unspecified atom stereocenters. The molecule has 0 aliphatic carbocycles. The minimum absolute atomic E-state index is 0.816. The summed E-state index contributed by atoms with van der Waals surface area (Å²) in [7, 11) is 0. The summed E-state index contributed by atoms with van der Waals surface area (Å²) < 4.78 is 5.40. The van der Waals surface area contributed by atoms with Crippen LogP contribution in [0.1, 0.15) is 46.5 Å². The first-order valence-corrected chi connectivity index (χ1v) is 6.09. The zero-order valence-electron chi connectivity index (χ0n) is 10.1. The second-order valence-electron chi connectivity index (χ2n) is 4.06. The Hall–Kier alpha value is -0.0800. The van der Waals surface area contributed by atoms with E-state index in [2.05, 4.69) is 26.1 Å². The summed E-state index contributed by atoms with van der Waals surface area (Å²) in [6.45, 7) is 10.8. The van der Waals surface area contributed by atoms with Crippen LogP contribution in [0.2, 0.25) is 0 Å². The lowest BCUT2D eigenvalue weighted by Crippen LogP contribution is -2.23. The third-order valence-electron chi connectivity index (χ3n) is 2.26. The highest BCUT2D eigenvalue weighted by atomic mass is 16.5. The number of hydrogen-bond donors (Lipinski definition) is 1. The van der Waals surface area contributed by atoms with Gasteiger partial charge in [-0.05, 0) is 38.3 Å². The standard InChI is InChI=1S/C12H27NO/c1-4-7-12(3)11-13-8-6-10-14-9-5-2/h12-13H,4-11H2,1-3H3. The van der Waals surface area contributed by atoms with Crippen LogP contribution in [0.15, 0.2) is 0 Å². The smallest absolute Gasteiger partial charge is 0.0478 e. The third kappa shape index (κ3) is 10.0. The normalized spacial score (nSPS) is 13.1. The highest BCUT2D eigenvalue weighted by molar-refractivity contribution is 4.56. The summed E-state index contributed by atoms with van der Waals surface area (Å²) in [5, 5.41) is 3.47. The molecule has 0 fully saturated rings. The molecular formula is C12H27NO. The Morgan fingerprint density at radius 3 is 2.57 bits per heavy atom. The summed E-state index contributed by atoms with van der Waals surface area (Å²) >= 11 is 0. The molecule has 0 amide bonds. The highest BCUT2D eigenvalue weighted by Gasteiger charge is 1.98. The van der Waals surface area contributed by atoms with Crippen LogP contribution in [-0.2, 0) is 4.74 Å². The Balaban J connectivity index is 2.98. The van der Waals surface area contributed by atoms with E-state index in [0.29, 0.717) is 0 Å². The van der Waals surface area contributed by atoms with Gasteiger partial charge >= 0.3 is 0 Å². The summed E-state index contributed by atoms with van der Waals surface area (Å²) in [6.07, 6.45) is 4.89. The van der Waals surface area contributed by atoms with Crippen molar-refractivity contribution < 1.29 is 4.74 Å². The predicted octanol–water partition coefficient (Wildman–Crippen LogP) is 2.83. The van der Waals surface area contributed by atoms with Crippen LogP contribution in [0, 0.1) is 5.92 Å². The Labute approximate surface area is 89.4 Å². The minimum atomic E-state index is 0.816. The second kappa shape index (κ2) is 11.0. The van der Waals surface area contributed by atoms with Gasteiger partial charge in [-0.3, -0.25) is 0 Å². The molecule has 14 heavy (non-hydrogen) atoms. The number of hydrogen-bond acceptors (Lipinski definition) is 2. The van der Waals surface area contributed by atoms with E-state index in [0.717, 1.165) is 45.1 Å². The molecule has 0 bridgehead atoms. The van der Waals surface area contributed by atoms with Crippen molar-refractivity contribution in [1.29, 1.82) is 0 Å². The number of rotatable bonds is 10. The largest absolute Gasteiger partial charge is 0.381 e. The van der Waals surface area contributed by atoms with Crippen molar-refractivity contribution in [3.63, 3.8) is 0 Å². The molecule has 0 saturated heterocycles. The maximum atomic E-state index is 5.40. The lowest BCUT2D eigenvalue weighted by atomic mass is 10.1. The van der Waals surface area contributed by atoms with Crippen LogP contribution < -0.4 is 5.32 Å². The van der Waals surface area contributed by atoms with Crippen molar-refractivity contribution >= 4 is 0 Å². The second-order valence-corrected chi connectivity index (χ2v) is 4.06. The van der Waals surface area contributed by atoms with Gasteiger partial charge in [0.1, 0.15) is 0 Å². The average molecular weight is 201 g/mol. The van der Waals surface area contributed by atoms with Gasteiger partial charge in [-0.25, -0.2) is 0 Å². The van der Waals surface area contributed by atoms with Gasteiger partial charge < -0.3 is 10.1 Å². The lowest BCUT2D eigenvalue weighted by Gasteiger charge is -2.11. The van der Waals surface area contributed by atoms with Crippen molar-refractivity contribution in [3.05, 3.63) is 0 Å². The molecule has 1 atom stereocenters. The van der Waals surface area contributed by atoms with Gasteiger partial charge in [0, 0.05) is 13.2 Å². The summed E-state index contributed by atoms with van der Waals surface area (Å²) in [5.74, 6) is 0.816. The average Bonchev–Trinajstić information content (AvgIpc) is 2.17. The first-order chi connectivity index (χ1) is 6.81. The van der Waals surface area contributed by atoms with Crippen LogP contribution in [-0.4, -0.2) is 26.3 Å². The quantitative estimate of drug-likeness (QED) is 0.549. The van der Waals surface area contributed by atoms with Crippen molar-refractivity contribution in [2.24, 2.45) is 5.92 Å². The Morgan fingerprint density at radius 1 is 1.14 bits per heavy atom.